The second-order valence-corrected chi connectivity index (χ2v) is 7.75. The number of hydrazone groups is 1. The third kappa shape index (κ3) is 4.05. The van der Waals surface area contributed by atoms with E-state index in [1.165, 1.54) is 65.7 Å². The minimum atomic E-state index is 0.531. The molecule has 1 aromatic rings. The van der Waals surface area contributed by atoms with Crippen molar-refractivity contribution >= 4 is 5.71 Å². The molecule has 0 amide bonds. The predicted octanol–water partition coefficient (Wildman–Crippen LogP) is 6.01. The van der Waals surface area contributed by atoms with Crippen molar-refractivity contribution in [3.05, 3.63) is 58.2 Å². The summed E-state index contributed by atoms with van der Waals surface area (Å²) >= 11 is 0. The third-order valence-corrected chi connectivity index (χ3v) is 6.26. The zero-order valence-corrected chi connectivity index (χ0v) is 16.2. The average molecular weight is 337 g/mol. The molecule has 2 aliphatic rings. The van der Waals surface area contributed by atoms with Gasteiger partial charge in [-0.05, 0) is 56.2 Å². The molecule has 2 aliphatic carbocycles. The predicted molar refractivity (Wildman–Crippen MR) is 108 cm³/mol. The molecule has 1 fully saturated rings. The lowest BCUT2D eigenvalue weighted by molar-refractivity contribution is 0.380. The van der Waals surface area contributed by atoms with Crippen LogP contribution in [0.4, 0.5) is 0 Å². The van der Waals surface area contributed by atoms with Crippen LogP contribution in [0.5, 0.6) is 0 Å². The summed E-state index contributed by atoms with van der Waals surface area (Å²) in [6, 6.07) is 11.2. The maximum Gasteiger partial charge on any atom is 0.0716 e. The summed E-state index contributed by atoms with van der Waals surface area (Å²) in [4.78, 5) is 0. The van der Waals surface area contributed by atoms with Crippen molar-refractivity contribution in [2.75, 3.05) is 0 Å². The molecule has 0 heterocycles. The highest BCUT2D eigenvalue weighted by Crippen LogP contribution is 2.38. The van der Waals surface area contributed by atoms with Gasteiger partial charge in [-0.3, -0.25) is 0 Å². The van der Waals surface area contributed by atoms with Crippen LogP contribution >= 0.6 is 0 Å². The van der Waals surface area contributed by atoms with Crippen LogP contribution in [0, 0.1) is 5.92 Å². The number of allylic oxidation sites excluding steroid dienone is 4. The Labute approximate surface area is 153 Å². The molecular formula is C23H32N2. The summed E-state index contributed by atoms with van der Waals surface area (Å²) in [6.07, 6.45) is 7.48. The van der Waals surface area contributed by atoms with E-state index in [-0.39, 0.29) is 0 Å². The standard InChI is InChI=1S/C23H32N2/c1-16-17(2)19(4)22(18(16)3)15-23(20-11-7-5-8-12-20)25-24-21-13-9-6-10-14-21/h5,7-8,11-12,18,21,24H,6,9-10,13-15H2,1-4H3. The maximum atomic E-state index is 4.91. The topological polar surface area (TPSA) is 24.4 Å². The molecule has 1 unspecified atom stereocenters. The molecular weight excluding hydrogens is 304 g/mol. The minimum Gasteiger partial charge on any atom is -0.307 e. The van der Waals surface area contributed by atoms with Crippen LogP contribution in [-0.2, 0) is 0 Å². The Balaban J connectivity index is 1.82. The lowest BCUT2D eigenvalue weighted by Crippen LogP contribution is -2.28. The van der Waals surface area contributed by atoms with Gasteiger partial charge in [0, 0.05) is 12.5 Å². The van der Waals surface area contributed by atoms with Crippen molar-refractivity contribution in [3.8, 4) is 0 Å². The van der Waals surface area contributed by atoms with Crippen LogP contribution in [0.3, 0.4) is 0 Å². The fourth-order valence-electron chi connectivity index (χ4n) is 4.15. The Morgan fingerprint density at radius 2 is 1.68 bits per heavy atom. The summed E-state index contributed by atoms with van der Waals surface area (Å²) in [5.41, 5.74) is 11.9. The summed E-state index contributed by atoms with van der Waals surface area (Å²) in [7, 11) is 0. The van der Waals surface area contributed by atoms with E-state index in [9.17, 15) is 0 Å². The highest BCUT2D eigenvalue weighted by Gasteiger charge is 2.25. The van der Waals surface area contributed by atoms with E-state index >= 15 is 0 Å². The van der Waals surface area contributed by atoms with Crippen molar-refractivity contribution in [1.82, 2.24) is 5.43 Å². The monoisotopic (exact) mass is 336 g/mol. The number of hydrogen-bond acceptors (Lipinski definition) is 2. The molecule has 2 nitrogen and oxygen atoms in total. The first-order chi connectivity index (χ1) is 12.1. The largest absolute Gasteiger partial charge is 0.307 e. The smallest absolute Gasteiger partial charge is 0.0716 e. The Morgan fingerprint density at radius 3 is 2.28 bits per heavy atom. The molecule has 0 aromatic heterocycles. The molecule has 3 rings (SSSR count). The lowest BCUT2D eigenvalue weighted by atomic mass is 9.91. The molecule has 0 radical (unpaired) electrons. The zero-order valence-electron chi connectivity index (χ0n) is 16.2. The quantitative estimate of drug-likeness (QED) is 0.517. The van der Waals surface area contributed by atoms with Gasteiger partial charge in [0.2, 0.25) is 0 Å². The van der Waals surface area contributed by atoms with E-state index in [0.717, 1.165) is 6.42 Å². The molecule has 134 valence electrons. The van der Waals surface area contributed by atoms with Gasteiger partial charge in [-0.25, -0.2) is 0 Å². The summed E-state index contributed by atoms with van der Waals surface area (Å²) in [5, 5.41) is 4.91. The summed E-state index contributed by atoms with van der Waals surface area (Å²) < 4.78 is 0. The Bertz CT molecular complexity index is 688. The summed E-state index contributed by atoms with van der Waals surface area (Å²) in [5.74, 6) is 0.531. The number of benzene rings is 1. The van der Waals surface area contributed by atoms with Gasteiger partial charge in [-0.1, -0.05) is 67.7 Å². The van der Waals surface area contributed by atoms with Crippen molar-refractivity contribution in [2.45, 2.75) is 72.3 Å². The normalized spacial score (nSPS) is 22.7. The first-order valence-corrected chi connectivity index (χ1v) is 9.82. The molecule has 0 saturated heterocycles. The fraction of sp³-hybridized carbons (Fsp3) is 0.522. The Kier molecular flexibility index (Phi) is 5.78. The van der Waals surface area contributed by atoms with Crippen LogP contribution in [0.2, 0.25) is 0 Å². The van der Waals surface area contributed by atoms with Gasteiger partial charge in [0.25, 0.3) is 0 Å². The highest BCUT2D eigenvalue weighted by atomic mass is 15.3. The van der Waals surface area contributed by atoms with E-state index in [1.54, 1.807) is 0 Å². The lowest BCUT2D eigenvalue weighted by Gasteiger charge is -2.22. The van der Waals surface area contributed by atoms with E-state index in [4.69, 9.17) is 5.10 Å². The fourth-order valence-corrected chi connectivity index (χ4v) is 4.15. The number of nitrogens with zero attached hydrogens (tertiary/aromatic N) is 1. The molecule has 1 aromatic carbocycles. The van der Waals surface area contributed by atoms with E-state index in [1.807, 2.05) is 0 Å². The molecule has 2 heteroatoms. The molecule has 1 N–H and O–H groups in total. The van der Waals surface area contributed by atoms with Crippen LogP contribution in [0.15, 0.2) is 57.7 Å². The highest BCUT2D eigenvalue weighted by molar-refractivity contribution is 6.02. The summed E-state index contributed by atoms with van der Waals surface area (Å²) in [6.45, 7) is 9.14. The first kappa shape index (κ1) is 18.0. The van der Waals surface area contributed by atoms with Gasteiger partial charge in [0.1, 0.15) is 0 Å². The third-order valence-electron chi connectivity index (χ3n) is 6.26. The van der Waals surface area contributed by atoms with E-state index < -0.39 is 0 Å². The first-order valence-electron chi connectivity index (χ1n) is 9.82. The average Bonchev–Trinajstić information content (AvgIpc) is 2.84. The minimum absolute atomic E-state index is 0.531. The van der Waals surface area contributed by atoms with E-state index in [2.05, 4.69) is 63.5 Å². The van der Waals surface area contributed by atoms with Crippen LogP contribution in [0.1, 0.15) is 71.8 Å². The molecule has 25 heavy (non-hydrogen) atoms. The van der Waals surface area contributed by atoms with Crippen molar-refractivity contribution < 1.29 is 0 Å². The second kappa shape index (κ2) is 8.03. The molecule has 1 atom stereocenters. The molecule has 0 aliphatic heterocycles. The van der Waals surface area contributed by atoms with Crippen molar-refractivity contribution in [2.24, 2.45) is 11.0 Å². The van der Waals surface area contributed by atoms with Crippen molar-refractivity contribution in [3.63, 3.8) is 0 Å². The molecule has 0 spiro atoms. The Morgan fingerprint density at radius 1 is 1.00 bits per heavy atom. The SMILES string of the molecule is CC1=C(C)C(C)C(CC(=NNC2CCCCC2)c2ccccc2)=C1C. The van der Waals surface area contributed by atoms with Crippen LogP contribution < -0.4 is 5.43 Å². The van der Waals surface area contributed by atoms with Crippen molar-refractivity contribution in [1.29, 1.82) is 0 Å². The maximum absolute atomic E-state index is 4.91. The second-order valence-electron chi connectivity index (χ2n) is 7.75. The van der Waals surface area contributed by atoms with Gasteiger partial charge in [0.15, 0.2) is 0 Å². The zero-order chi connectivity index (χ0) is 17.8. The van der Waals surface area contributed by atoms with Gasteiger partial charge in [-0.2, -0.15) is 5.10 Å². The number of hydrogen-bond donors (Lipinski definition) is 1. The van der Waals surface area contributed by atoms with Crippen LogP contribution in [-0.4, -0.2) is 11.8 Å². The number of rotatable bonds is 5. The molecule has 0 bridgehead atoms. The molecule has 1 saturated carbocycles. The Hall–Kier alpha value is -1.83. The van der Waals surface area contributed by atoms with Crippen LogP contribution in [0.25, 0.3) is 0 Å². The van der Waals surface area contributed by atoms with Gasteiger partial charge in [-0.15, -0.1) is 0 Å². The van der Waals surface area contributed by atoms with Gasteiger partial charge < -0.3 is 5.43 Å². The van der Waals surface area contributed by atoms with E-state index in [0.29, 0.717) is 12.0 Å². The van der Waals surface area contributed by atoms with Gasteiger partial charge >= 0.3 is 0 Å². The van der Waals surface area contributed by atoms with Gasteiger partial charge in [0.05, 0.1) is 5.71 Å². The number of nitrogens with one attached hydrogen (secondary N) is 1.